The lowest BCUT2D eigenvalue weighted by Crippen LogP contribution is -2.40. The predicted octanol–water partition coefficient (Wildman–Crippen LogP) is 3.29. The number of ether oxygens (including phenoxy) is 1. The highest BCUT2D eigenvalue weighted by Crippen LogP contribution is 2.26. The number of hydrogen-bond donors (Lipinski definition) is 1. The first kappa shape index (κ1) is 13.9. The van der Waals surface area contributed by atoms with Crippen molar-refractivity contribution >= 4 is 11.6 Å². The highest BCUT2D eigenvalue weighted by molar-refractivity contribution is 6.30. The van der Waals surface area contributed by atoms with Crippen LogP contribution in [0.5, 0.6) is 0 Å². The van der Waals surface area contributed by atoms with Crippen LogP contribution in [0.15, 0.2) is 24.3 Å². The molecular formula is C15H22ClNO. The van der Waals surface area contributed by atoms with Crippen molar-refractivity contribution in [2.24, 2.45) is 5.92 Å². The van der Waals surface area contributed by atoms with E-state index in [1.54, 1.807) is 0 Å². The largest absolute Gasteiger partial charge is 0.378 e. The third kappa shape index (κ3) is 3.47. The van der Waals surface area contributed by atoms with E-state index in [-0.39, 0.29) is 0 Å². The molecule has 1 aromatic rings. The lowest BCUT2D eigenvalue weighted by Gasteiger charge is -2.26. The molecule has 0 radical (unpaired) electrons. The zero-order valence-corrected chi connectivity index (χ0v) is 11.9. The van der Waals surface area contributed by atoms with Crippen LogP contribution >= 0.6 is 11.6 Å². The van der Waals surface area contributed by atoms with Crippen LogP contribution in [-0.4, -0.2) is 25.3 Å². The molecule has 0 saturated carbocycles. The Morgan fingerprint density at radius 2 is 2.33 bits per heavy atom. The fraction of sp³-hybridized carbons (Fsp3) is 0.600. The van der Waals surface area contributed by atoms with Gasteiger partial charge in [-0.15, -0.1) is 0 Å². The van der Waals surface area contributed by atoms with Crippen molar-refractivity contribution in [2.75, 3.05) is 13.2 Å². The van der Waals surface area contributed by atoms with Crippen LogP contribution in [-0.2, 0) is 11.2 Å². The Kier molecular flexibility index (Phi) is 5.04. The Morgan fingerprint density at radius 3 is 2.94 bits per heavy atom. The Labute approximate surface area is 115 Å². The molecule has 1 N–H and O–H groups in total. The summed E-state index contributed by atoms with van der Waals surface area (Å²) >= 11 is 6.05. The summed E-state index contributed by atoms with van der Waals surface area (Å²) in [5.41, 5.74) is 1.30. The van der Waals surface area contributed by atoms with Gasteiger partial charge in [-0.3, -0.25) is 0 Å². The van der Waals surface area contributed by atoms with Crippen molar-refractivity contribution in [2.45, 2.75) is 38.8 Å². The Hall–Kier alpha value is -0.570. The van der Waals surface area contributed by atoms with E-state index in [2.05, 4.69) is 31.3 Å². The molecule has 100 valence electrons. The first-order valence-electron chi connectivity index (χ1n) is 6.80. The van der Waals surface area contributed by atoms with Crippen LogP contribution < -0.4 is 5.32 Å². The predicted molar refractivity (Wildman–Crippen MR) is 76.1 cm³/mol. The Balaban J connectivity index is 2.06. The van der Waals surface area contributed by atoms with Gasteiger partial charge in [-0.2, -0.15) is 0 Å². The molecule has 0 bridgehead atoms. The summed E-state index contributed by atoms with van der Waals surface area (Å²) in [6, 6.07) is 8.64. The SMILES string of the molecule is CCNC(Cc1cccc(Cl)c1)C1CCOC1C. The monoisotopic (exact) mass is 267 g/mol. The maximum absolute atomic E-state index is 6.05. The van der Waals surface area contributed by atoms with E-state index in [1.165, 1.54) is 5.56 Å². The van der Waals surface area contributed by atoms with Crippen molar-refractivity contribution in [1.29, 1.82) is 0 Å². The third-order valence-corrected chi connectivity index (χ3v) is 4.00. The van der Waals surface area contributed by atoms with Crippen molar-refractivity contribution in [3.8, 4) is 0 Å². The molecule has 1 heterocycles. The lowest BCUT2D eigenvalue weighted by atomic mass is 9.89. The normalized spacial score (nSPS) is 25.3. The molecule has 1 aromatic carbocycles. The second-order valence-electron chi connectivity index (χ2n) is 5.03. The van der Waals surface area contributed by atoms with Gasteiger partial charge in [-0.25, -0.2) is 0 Å². The minimum absolute atomic E-state index is 0.355. The summed E-state index contributed by atoms with van der Waals surface area (Å²) in [6.07, 6.45) is 2.53. The molecule has 3 unspecified atom stereocenters. The first-order chi connectivity index (χ1) is 8.70. The standard InChI is InChI=1S/C15H22ClNO/c1-3-17-15(14-7-8-18-11(14)2)10-12-5-4-6-13(16)9-12/h4-6,9,11,14-15,17H,3,7-8,10H2,1-2H3. The molecule has 18 heavy (non-hydrogen) atoms. The summed E-state index contributed by atoms with van der Waals surface area (Å²) in [5, 5.41) is 4.42. The number of hydrogen-bond acceptors (Lipinski definition) is 2. The van der Waals surface area contributed by atoms with Crippen molar-refractivity contribution in [3.05, 3.63) is 34.9 Å². The average molecular weight is 268 g/mol. The molecule has 0 spiro atoms. The zero-order chi connectivity index (χ0) is 13.0. The van der Waals surface area contributed by atoms with E-state index in [1.807, 2.05) is 12.1 Å². The van der Waals surface area contributed by atoms with Gasteiger partial charge in [0.05, 0.1) is 6.10 Å². The van der Waals surface area contributed by atoms with E-state index < -0.39 is 0 Å². The van der Waals surface area contributed by atoms with Crippen LogP contribution in [0.3, 0.4) is 0 Å². The molecule has 2 nitrogen and oxygen atoms in total. The van der Waals surface area contributed by atoms with Gasteiger partial charge in [0.2, 0.25) is 0 Å². The van der Waals surface area contributed by atoms with Gasteiger partial charge in [-0.05, 0) is 44.0 Å². The summed E-state index contributed by atoms with van der Waals surface area (Å²) in [4.78, 5) is 0. The van der Waals surface area contributed by atoms with Crippen molar-refractivity contribution in [3.63, 3.8) is 0 Å². The second kappa shape index (κ2) is 6.55. The molecule has 1 saturated heterocycles. The van der Waals surface area contributed by atoms with Crippen LogP contribution in [0, 0.1) is 5.92 Å². The topological polar surface area (TPSA) is 21.3 Å². The smallest absolute Gasteiger partial charge is 0.0590 e. The summed E-state index contributed by atoms with van der Waals surface area (Å²) in [6.45, 7) is 6.23. The van der Waals surface area contributed by atoms with Gasteiger partial charge in [-0.1, -0.05) is 30.7 Å². The average Bonchev–Trinajstić information content (AvgIpc) is 2.75. The summed E-state index contributed by atoms with van der Waals surface area (Å²) < 4.78 is 5.69. The molecule has 0 aliphatic carbocycles. The molecule has 3 atom stereocenters. The first-order valence-corrected chi connectivity index (χ1v) is 7.18. The minimum atomic E-state index is 0.355. The number of halogens is 1. The van der Waals surface area contributed by atoms with E-state index in [4.69, 9.17) is 16.3 Å². The van der Waals surface area contributed by atoms with Crippen LogP contribution in [0.25, 0.3) is 0 Å². The molecule has 1 aliphatic rings. The summed E-state index contributed by atoms with van der Waals surface area (Å²) in [5.74, 6) is 0.601. The van der Waals surface area contributed by atoms with E-state index in [9.17, 15) is 0 Å². The maximum atomic E-state index is 6.05. The molecule has 1 fully saturated rings. The van der Waals surface area contributed by atoms with Gasteiger partial charge in [0.25, 0.3) is 0 Å². The second-order valence-corrected chi connectivity index (χ2v) is 5.46. The fourth-order valence-corrected chi connectivity index (χ4v) is 3.04. The van der Waals surface area contributed by atoms with Gasteiger partial charge in [0, 0.05) is 23.6 Å². The van der Waals surface area contributed by atoms with E-state index >= 15 is 0 Å². The summed E-state index contributed by atoms with van der Waals surface area (Å²) in [7, 11) is 0. The molecule has 2 rings (SSSR count). The maximum Gasteiger partial charge on any atom is 0.0590 e. The highest BCUT2D eigenvalue weighted by atomic mass is 35.5. The number of nitrogens with one attached hydrogen (secondary N) is 1. The third-order valence-electron chi connectivity index (χ3n) is 3.76. The molecule has 1 aliphatic heterocycles. The number of rotatable bonds is 5. The molecule has 0 aromatic heterocycles. The van der Waals surface area contributed by atoms with Gasteiger partial charge >= 0.3 is 0 Å². The Morgan fingerprint density at radius 1 is 1.50 bits per heavy atom. The van der Waals surface area contributed by atoms with Crippen molar-refractivity contribution < 1.29 is 4.74 Å². The fourth-order valence-electron chi connectivity index (χ4n) is 2.83. The van der Waals surface area contributed by atoms with Crippen molar-refractivity contribution in [1.82, 2.24) is 5.32 Å². The molecule has 3 heteroatoms. The number of benzene rings is 1. The van der Waals surface area contributed by atoms with E-state index in [0.29, 0.717) is 18.1 Å². The van der Waals surface area contributed by atoms with Gasteiger partial charge < -0.3 is 10.1 Å². The Bertz CT molecular complexity index is 383. The molecular weight excluding hydrogens is 246 g/mol. The quantitative estimate of drug-likeness (QED) is 0.884. The minimum Gasteiger partial charge on any atom is -0.378 e. The lowest BCUT2D eigenvalue weighted by molar-refractivity contribution is 0.0956. The van der Waals surface area contributed by atoms with Gasteiger partial charge in [0.1, 0.15) is 0 Å². The van der Waals surface area contributed by atoms with Crippen LogP contribution in [0.1, 0.15) is 25.8 Å². The number of likely N-dealkylation sites (N-methyl/N-ethyl adjacent to an activating group) is 1. The highest BCUT2D eigenvalue weighted by Gasteiger charge is 2.31. The van der Waals surface area contributed by atoms with E-state index in [0.717, 1.165) is 31.0 Å². The zero-order valence-electron chi connectivity index (χ0n) is 11.2. The van der Waals surface area contributed by atoms with Gasteiger partial charge in [0.15, 0.2) is 0 Å². The molecule has 0 amide bonds. The van der Waals surface area contributed by atoms with Crippen LogP contribution in [0.2, 0.25) is 5.02 Å². The van der Waals surface area contributed by atoms with Crippen LogP contribution in [0.4, 0.5) is 0 Å².